The topological polar surface area (TPSA) is 42.0 Å². The zero-order valence-corrected chi connectivity index (χ0v) is 10.7. The van der Waals surface area contributed by atoms with Gasteiger partial charge in [0.25, 0.3) is 0 Å². The van der Waals surface area contributed by atoms with Gasteiger partial charge in [-0.3, -0.25) is 4.79 Å². The van der Waals surface area contributed by atoms with E-state index in [-0.39, 0.29) is 5.91 Å². The number of hydrogen-bond acceptors (Lipinski definition) is 2. The van der Waals surface area contributed by atoms with Crippen molar-refractivity contribution in [2.75, 3.05) is 5.32 Å². The Hall–Kier alpha value is -2.23. The first-order chi connectivity index (χ1) is 9.13. The summed E-state index contributed by atoms with van der Waals surface area (Å²) in [7, 11) is 0. The molecule has 0 atom stereocenters. The molecule has 0 saturated heterocycles. The van der Waals surface area contributed by atoms with Gasteiger partial charge in [0.05, 0.1) is 11.9 Å². The lowest BCUT2D eigenvalue weighted by molar-refractivity contribution is -0.116. The number of anilines is 1. The molecule has 0 fully saturated rings. The van der Waals surface area contributed by atoms with Crippen molar-refractivity contribution in [2.45, 2.75) is 19.8 Å². The van der Waals surface area contributed by atoms with Gasteiger partial charge < -0.3 is 5.32 Å². The molecule has 3 nitrogen and oxygen atoms in total. The fourth-order valence-electron chi connectivity index (χ4n) is 1.69. The van der Waals surface area contributed by atoms with Crippen LogP contribution in [0.15, 0.2) is 42.6 Å². The van der Waals surface area contributed by atoms with Crippen molar-refractivity contribution >= 4 is 11.6 Å². The summed E-state index contributed by atoms with van der Waals surface area (Å²) >= 11 is 0. The number of carbonyl (C=O) groups excluding carboxylic acids is 1. The van der Waals surface area contributed by atoms with Gasteiger partial charge in [0, 0.05) is 6.42 Å². The summed E-state index contributed by atoms with van der Waals surface area (Å²) in [6.45, 7) is 2.03. The van der Waals surface area contributed by atoms with E-state index in [1.807, 2.05) is 31.2 Å². The van der Waals surface area contributed by atoms with Crippen LogP contribution >= 0.6 is 0 Å². The maximum absolute atomic E-state index is 12.6. The highest BCUT2D eigenvalue weighted by Gasteiger charge is 2.03. The van der Waals surface area contributed by atoms with E-state index in [0.717, 1.165) is 5.56 Å². The van der Waals surface area contributed by atoms with Crippen molar-refractivity contribution in [2.24, 2.45) is 0 Å². The lowest BCUT2D eigenvalue weighted by atomic mass is 10.1. The predicted molar refractivity (Wildman–Crippen MR) is 72.3 cm³/mol. The zero-order valence-electron chi connectivity index (χ0n) is 10.7. The van der Waals surface area contributed by atoms with Crippen LogP contribution in [0.25, 0.3) is 0 Å². The smallest absolute Gasteiger partial charge is 0.224 e. The molecule has 1 amide bonds. The maximum Gasteiger partial charge on any atom is 0.224 e. The average molecular weight is 258 g/mol. The van der Waals surface area contributed by atoms with E-state index >= 15 is 0 Å². The van der Waals surface area contributed by atoms with Gasteiger partial charge in [-0.05, 0) is 31.0 Å². The van der Waals surface area contributed by atoms with Crippen LogP contribution in [0.3, 0.4) is 0 Å². The molecule has 1 N–H and O–H groups in total. The summed E-state index contributed by atoms with van der Waals surface area (Å²) in [5, 5.41) is 2.68. The molecule has 4 heteroatoms. The van der Waals surface area contributed by atoms with Gasteiger partial charge in [-0.2, -0.15) is 4.39 Å². The fourth-order valence-corrected chi connectivity index (χ4v) is 1.69. The van der Waals surface area contributed by atoms with Gasteiger partial charge in [0.1, 0.15) is 0 Å². The molecular weight excluding hydrogens is 243 g/mol. The number of nitrogens with zero attached hydrogens (tertiary/aromatic N) is 1. The lowest BCUT2D eigenvalue weighted by Crippen LogP contribution is -2.12. The summed E-state index contributed by atoms with van der Waals surface area (Å²) < 4.78 is 12.6. The molecule has 0 unspecified atom stereocenters. The Labute approximate surface area is 111 Å². The Kier molecular flexibility index (Phi) is 4.23. The molecule has 0 radical (unpaired) electrons. The molecule has 1 aromatic carbocycles. The third kappa shape index (κ3) is 4.17. The van der Waals surface area contributed by atoms with Crippen LogP contribution in [-0.4, -0.2) is 10.9 Å². The lowest BCUT2D eigenvalue weighted by Gasteiger charge is -2.05. The third-order valence-electron chi connectivity index (χ3n) is 2.77. The number of halogens is 1. The van der Waals surface area contributed by atoms with Gasteiger partial charge in [-0.25, -0.2) is 4.98 Å². The van der Waals surface area contributed by atoms with Crippen molar-refractivity contribution in [3.63, 3.8) is 0 Å². The monoisotopic (exact) mass is 258 g/mol. The number of aromatic nitrogens is 1. The van der Waals surface area contributed by atoms with Crippen LogP contribution in [0, 0.1) is 12.9 Å². The van der Waals surface area contributed by atoms with Crippen LogP contribution in [-0.2, 0) is 11.2 Å². The number of amides is 1. The summed E-state index contributed by atoms with van der Waals surface area (Å²) in [5.74, 6) is -0.661. The molecule has 0 aliphatic carbocycles. The molecule has 98 valence electrons. The predicted octanol–water partition coefficient (Wildman–Crippen LogP) is 3.10. The summed E-state index contributed by atoms with van der Waals surface area (Å²) in [5.41, 5.74) is 2.83. The number of rotatable bonds is 4. The SMILES string of the molecule is Cc1ccc(CCC(=O)Nc2ccc(F)nc2)cc1. The van der Waals surface area contributed by atoms with Crippen molar-refractivity contribution in [1.82, 2.24) is 4.98 Å². The van der Waals surface area contributed by atoms with Gasteiger partial charge in [-0.15, -0.1) is 0 Å². The molecule has 2 rings (SSSR count). The highest BCUT2D eigenvalue weighted by molar-refractivity contribution is 5.90. The number of pyridine rings is 1. The molecule has 19 heavy (non-hydrogen) atoms. The van der Waals surface area contributed by atoms with Crippen molar-refractivity contribution in [1.29, 1.82) is 0 Å². The van der Waals surface area contributed by atoms with Crippen molar-refractivity contribution in [3.05, 3.63) is 59.7 Å². The number of benzene rings is 1. The minimum atomic E-state index is -0.558. The van der Waals surface area contributed by atoms with E-state index in [4.69, 9.17) is 0 Å². The summed E-state index contributed by atoms with van der Waals surface area (Å²) in [6.07, 6.45) is 2.38. The largest absolute Gasteiger partial charge is 0.325 e. The quantitative estimate of drug-likeness (QED) is 0.856. The second kappa shape index (κ2) is 6.09. The van der Waals surface area contributed by atoms with Crippen LogP contribution in [0.4, 0.5) is 10.1 Å². The number of aryl methyl sites for hydroxylation is 2. The normalized spacial score (nSPS) is 10.2. The van der Waals surface area contributed by atoms with E-state index < -0.39 is 5.95 Å². The molecule has 0 saturated carbocycles. The first-order valence-electron chi connectivity index (χ1n) is 6.10. The van der Waals surface area contributed by atoms with Gasteiger partial charge in [0.2, 0.25) is 11.9 Å². The molecule has 2 aromatic rings. The van der Waals surface area contributed by atoms with Crippen LogP contribution in [0.1, 0.15) is 17.5 Å². The highest BCUT2D eigenvalue weighted by Crippen LogP contribution is 2.09. The Balaban J connectivity index is 1.84. The van der Waals surface area contributed by atoms with Gasteiger partial charge in [-0.1, -0.05) is 29.8 Å². The Morgan fingerprint density at radius 3 is 2.58 bits per heavy atom. The van der Waals surface area contributed by atoms with Crippen molar-refractivity contribution < 1.29 is 9.18 Å². The third-order valence-corrected chi connectivity index (χ3v) is 2.77. The number of carbonyl (C=O) groups is 1. The van der Waals surface area contributed by atoms with Crippen LogP contribution in [0.2, 0.25) is 0 Å². The van der Waals surface area contributed by atoms with E-state index in [1.165, 1.54) is 23.9 Å². The average Bonchev–Trinajstić information content (AvgIpc) is 2.41. The van der Waals surface area contributed by atoms with Gasteiger partial charge in [0.15, 0.2) is 0 Å². The second-order valence-electron chi connectivity index (χ2n) is 4.40. The highest BCUT2D eigenvalue weighted by atomic mass is 19.1. The zero-order chi connectivity index (χ0) is 13.7. The minimum Gasteiger partial charge on any atom is -0.325 e. The van der Waals surface area contributed by atoms with Gasteiger partial charge >= 0.3 is 0 Å². The molecule has 1 heterocycles. The first kappa shape index (κ1) is 13.2. The van der Waals surface area contributed by atoms with E-state index in [2.05, 4.69) is 10.3 Å². The van der Waals surface area contributed by atoms with E-state index in [0.29, 0.717) is 18.5 Å². The number of nitrogens with one attached hydrogen (secondary N) is 1. The molecular formula is C15H15FN2O. The Morgan fingerprint density at radius 2 is 1.95 bits per heavy atom. The summed E-state index contributed by atoms with van der Waals surface area (Å²) in [4.78, 5) is 15.2. The fraction of sp³-hybridized carbons (Fsp3) is 0.200. The molecule has 1 aromatic heterocycles. The maximum atomic E-state index is 12.6. The van der Waals surface area contributed by atoms with Crippen LogP contribution in [0.5, 0.6) is 0 Å². The Morgan fingerprint density at radius 1 is 1.21 bits per heavy atom. The minimum absolute atomic E-state index is 0.103. The molecule has 0 bridgehead atoms. The first-order valence-corrected chi connectivity index (χ1v) is 6.10. The van der Waals surface area contributed by atoms with E-state index in [9.17, 15) is 9.18 Å². The summed E-state index contributed by atoms with van der Waals surface area (Å²) in [6, 6.07) is 10.8. The number of hydrogen-bond donors (Lipinski definition) is 1. The van der Waals surface area contributed by atoms with Crippen molar-refractivity contribution in [3.8, 4) is 0 Å². The molecule has 0 aliphatic heterocycles. The Bertz CT molecular complexity index is 549. The van der Waals surface area contributed by atoms with E-state index in [1.54, 1.807) is 0 Å². The standard InChI is InChI=1S/C15H15FN2O/c1-11-2-4-12(5-3-11)6-9-15(19)18-13-7-8-14(16)17-10-13/h2-5,7-8,10H,6,9H2,1H3,(H,18,19). The second-order valence-corrected chi connectivity index (χ2v) is 4.40. The van der Waals surface area contributed by atoms with Crippen LogP contribution < -0.4 is 5.32 Å². The molecule has 0 aliphatic rings. The molecule has 0 spiro atoms.